The molecule has 0 amide bonds. The van der Waals surface area contributed by atoms with E-state index >= 15 is 0 Å². The zero-order valence-corrected chi connectivity index (χ0v) is 28.2. The molecular weight excluding hydrogens is 603 g/mol. The Morgan fingerprint density at radius 1 is 0.360 bits per heavy atom. The summed E-state index contributed by atoms with van der Waals surface area (Å²) in [6.45, 7) is 4.69. The topological polar surface area (TPSA) is 3.24 Å². The zero-order valence-electron chi connectivity index (χ0n) is 28.2. The second kappa shape index (κ2) is 10.9. The summed E-state index contributed by atoms with van der Waals surface area (Å²) < 4.78 is 0. The van der Waals surface area contributed by atoms with Gasteiger partial charge in [0.05, 0.1) is 0 Å². The molecule has 9 aromatic rings. The number of hydrogen-bond donors (Lipinski definition) is 0. The third kappa shape index (κ3) is 4.33. The van der Waals surface area contributed by atoms with Crippen molar-refractivity contribution in [2.45, 2.75) is 19.3 Å². The Bertz CT molecular complexity index is 2780. The van der Waals surface area contributed by atoms with Crippen LogP contribution in [-0.2, 0) is 5.41 Å². The van der Waals surface area contributed by atoms with Crippen molar-refractivity contribution in [2.24, 2.45) is 0 Å². The Hall–Kier alpha value is -6.18. The number of benzene rings is 9. The molecule has 0 atom stereocenters. The van der Waals surface area contributed by atoms with E-state index in [1.165, 1.54) is 76.5 Å². The van der Waals surface area contributed by atoms with E-state index in [0.29, 0.717) is 0 Å². The highest BCUT2D eigenvalue weighted by atomic mass is 15.1. The number of rotatable bonds is 4. The van der Waals surface area contributed by atoms with Crippen LogP contribution >= 0.6 is 0 Å². The largest absolute Gasteiger partial charge is 0.310 e. The average molecular weight is 638 g/mol. The maximum absolute atomic E-state index is 2.42. The summed E-state index contributed by atoms with van der Waals surface area (Å²) in [6.07, 6.45) is 0. The molecule has 1 aliphatic rings. The molecular formula is C49H35N. The lowest BCUT2D eigenvalue weighted by atomic mass is 9.82. The van der Waals surface area contributed by atoms with Gasteiger partial charge in [0, 0.05) is 22.5 Å². The first-order chi connectivity index (χ1) is 24.5. The van der Waals surface area contributed by atoms with Crippen LogP contribution in [0.3, 0.4) is 0 Å². The number of nitrogens with zero attached hydrogens (tertiary/aromatic N) is 1. The van der Waals surface area contributed by atoms with Crippen LogP contribution in [0.2, 0.25) is 0 Å². The molecule has 1 heteroatoms. The summed E-state index contributed by atoms with van der Waals surface area (Å²) in [6, 6.07) is 65.0. The van der Waals surface area contributed by atoms with Gasteiger partial charge in [0.15, 0.2) is 0 Å². The van der Waals surface area contributed by atoms with Crippen molar-refractivity contribution in [3.05, 3.63) is 187 Å². The molecule has 0 unspecified atom stereocenters. The maximum atomic E-state index is 2.42. The number of fused-ring (bicyclic) bond motifs is 9. The van der Waals surface area contributed by atoms with E-state index in [9.17, 15) is 0 Å². The lowest BCUT2D eigenvalue weighted by Crippen LogP contribution is -2.15. The summed E-state index contributed by atoms with van der Waals surface area (Å²) in [4.78, 5) is 2.42. The Morgan fingerprint density at radius 2 is 0.920 bits per heavy atom. The van der Waals surface area contributed by atoms with E-state index in [0.717, 1.165) is 17.1 Å². The van der Waals surface area contributed by atoms with Gasteiger partial charge < -0.3 is 4.90 Å². The number of hydrogen-bond acceptors (Lipinski definition) is 1. The van der Waals surface area contributed by atoms with Gasteiger partial charge in [0.25, 0.3) is 0 Å². The monoisotopic (exact) mass is 637 g/mol. The van der Waals surface area contributed by atoms with Crippen LogP contribution in [0.5, 0.6) is 0 Å². The van der Waals surface area contributed by atoms with Crippen molar-refractivity contribution in [3.63, 3.8) is 0 Å². The lowest BCUT2D eigenvalue weighted by Gasteiger charge is -2.28. The molecule has 9 aromatic carbocycles. The molecule has 0 bridgehead atoms. The molecule has 0 aliphatic heterocycles. The first-order valence-electron chi connectivity index (χ1n) is 17.5. The minimum absolute atomic E-state index is 0.0395. The highest BCUT2D eigenvalue weighted by Crippen LogP contribution is 2.51. The Kier molecular flexibility index (Phi) is 6.29. The Morgan fingerprint density at radius 3 is 1.76 bits per heavy atom. The SMILES string of the molecule is CC1(C)c2ccccc2-c2cc(N(c3ccc(-c4cccc5ccccc45)cc3)c3ccc4c(ccc5ccc6ccccc6c54)c3)ccc21. The number of anilines is 3. The fourth-order valence-corrected chi connectivity index (χ4v) is 8.52. The quantitative estimate of drug-likeness (QED) is 0.174. The van der Waals surface area contributed by atoms with E-state index in [-0.39, 0.29) is 5.41 Å². The van der Waals surface area contributed by atoms with Crippen molar-refractivity contribution in [2.75, 3.05) is 4.90 Å². The summed E-state index contributed by atoms with van der Waals surface area (Å²) in [5.41, 5.74) is 11.3. The molecule has 0 heterocycles. The summed E-state index contributed by atoms with van der Waals surface area (Å²) in [5.74, 6) is 0. The summed E-state index contributed by atoms with van der Waals surface area (Å²) in [7, 11) is 0. The third-order valence-electron chi connectivity index (χ3n) is 11.0. The molecule has 0 aromatic heterocycles. The molecule has 0 saturated heterocycles. The Labute approximate surface area is 292 Å². The Balaban J connectivity index is 1.16. The molecule has 10 rings (SSSR count). The summed E-state index contributed by atoms with van der Waals surface area (Å²) >= 11 is 0. The summed E-state index contributed by atoms with van der Waals surface area (Å²) in [5, 5.41) is 10.2. The van der Waals surface area contributed by atoms with Gasteiger partial charge in [-0.05, 0) is 113 Å². The fraction of sp³-hybridized carbons (Fsp3) is 0.0612. The first kappa shape index (κ1) is 28.8. The van der Waals surface area contributed by atoms with Gasteiger partial charge in [-0.2, -0.15) is 0 Å². The van der Waals surface area contributed by atoms with E-state index in [1.54, 1.807) is 0 Å². The van der Waals surface area contributed by atoms with Gasteiger partial charge in [0.1, 0.15) is 0 Å². The second-order valence-electron chi connectivity index (χ2n) is 14.2. The predicted octanol–water partition coefficient (Wildman–Crippen LogP) is 13.7. The van der Waals surface area contributed by atoms with Gasteiger partial charge in [-0.25, -0.2) is 0 Å². The predicted molar refractivity (Wildman–Crippen MR) is 214 cm³/mol. The van der Waals surface area contributed by atoms with E-state index in [4.69, 9.17) is 0 Å². The minimum Gasteiger partial charge on any atom is -0.310 e. The van der Waals surface area contributed by atoms with Crippen LogP contribution in [0.15, 0.2) is 176 Å². The van der Waals surface area contributed by atoms with Crippen molar-refractivity contribution in [3.8, 4) is 22.3 Å². The highest BCUT2D eigenvalue weighted by Gasteiger charge is 2.35. The lowest BCUT2D eigenvalue weighted by molar-refractivity contribution is 0.660. The van der Waals surface area contributed by atoms with Gasteiger partial charge in [0.2, 0.25) is 0 Å². The van der Waals surface area contributed by atoms with Gasteiger partial charge in [-0.1, -0.05) is 153 Å². The third-order valence-corrected chi connectivity index (χ3v) is 11.0. The van der Waals surface area contributed by atoms with Gasteiger partial charge >= 0.3 is 0 Å². The van der Waals surface area contributed by atoms with Crippen LogP contribution in [0.25, 0.3) is 65.3 Å². The van der Waals surface area contributed by atoms with E-state index < -0.39 is 0 Å². The van der Waals surface area contributed by atoms with Crippen LogP contribution < -0.4 is 4.90 Å². The molecule has 236 valence electrons. The molecule has 1 nitrogen and oxygen atoms in total. The molecule has 0 N–H and O–H groups in total. The molecule has 0 spiro atoms. The minimum atomic E-state index is -0.0395. The van der Waals surface area contributed by atoms with E-state index in [1.807, 2.05) is 0 Å². The fourth-order valence-electron chi connectivity index (χ4n) is 8.52. The molecule has 50 heavy (non-hydrogen) atoms. The van der Waals surface area contributed by atoms with Gasteiger partial charge in [-0.15, -0.1) is 0 Å². The van der Waals surface area contributed by atoms with Crippen LogP contribution in [0.4, 0.5) is 17.1 Å². The molecule has 1 aliphatic carbocycles. The molecule has 0 radical (unpaired) electrons. The van der Waals surface area contributed by atoms with Crippen molar-refractivity contribution in [1.82, 2.24) is 0 Å². The van der Waals surface area contributed by atoms with Crippen molar-refractivity contribution >= 4 is 60.2 Å². The van der Waals surface area contributed by atoms with Crippen molar-refractivity contribution in [1.29, 1.82) is 0 Å². The zero-order chi connectivity index (χ0) is 33.4. The smallest absolute Gasteiger partial charge is 0.0468 e. The van der Waals surface area contributed by atoms with Gasteiger partial charge in [-0.3, -0.25) is 0 Å². The first-order valence-corrected chi connectivity index (χ1v) is 17.5. The second-order valence-corrected chi connectivity index (χ2v) is 14.2. The highest BCUT2D eigenvalue weighted by molar-refractivity contribution is 6.20. The van der Waals surface area contributed by atoms with Crippen LogP contribution in [0.1, 0.15) is 25.0 Å². The molecule has 0 fully saturated rings. The standard InChI is InChI=1S/C49H35N/c1-49(2)46-17-8-7-15-44(46)45-31-39(27-29-47(45)49)50(37-24-22-34(23-25-37)41-16-9-12-32-10-3-5-13-40(32)41)38-26-28-43-36(30-38)21-20-35-19-18-33-11-4-6-14-42(33)48(35)43/h3-31H,1-2H3. The van der Waals surface area contributed by atoms with Crippen LogP contribution in [-0.4, -0.2) is 0 Å². The average Bonchev–Trinajstić information content (AvgIpc) is 3.40. The van der Waals surface area contributed by atoms with E-state index in [2.05, 4.69) is 195 Å². The normalized spacial score (nSPS) is 13.2. The van der Waals surface area contributed by atoms with Crippen molar-refractivity contribution < 1.29 is 0 Å². The molecule has 0 saturated carbocycles. The van der Waals surface area contributed by atoms with Crippen LogP contribution in [0, 0.1) is 0 Å². The maximum Gasteiger partial charge on any atom is 0.0468 e.